The molecule has 1 saturated heterocycles. The molecule has 1 atom stereocenters. The summed E-state index contributed by atoms with van der Waals surface area (Å²) < 4.78 is 7.62. The predicted octanol–water partition coefficient (Wildman–Crippen LogP) is 4.18. The minimum absolute atomic E-state index is 0.174. The molecule has 23 heavy (non-hydrogen) atoms. The number of ether oxygens (including phenoxy) is 1. The van der Waals surface area contributed by atoms with Crippen LogP contribution in [0.4, 0.5) is 4.79 Å². The molecule has 1 aromatic carbocycles. The fourth-order valence-corrected chi connectivity index (χ4v) is 3.37. The van der Waals surface area contributed by atoms with E-state index in [-0.39, 0.29) is 12.1 Å². The Hall–Kier alpha value is -1.75. The van der Waals surface area contributed by atoms with E-state index in [9.17, 15) is 4.79 Å². The van der Waals surface area contributed by atoms with Crippen LogP contribution in [0.5, 0.6) is 0 Å². The molecule has 1 aliphatic heterocycles. The molecular weight excluding hydrogens is 314 g/mol. The number of imidazole rings is 1. The van der Waals surface area contributed by atoms with Gasteiger partial charge in [0.1, 0.15) is 11.4 Å². The van der Waals surface area contributed by atoms with Gasteiger partial charge in [-0.2, -0.15) is 0 Å². The van der Waals surface area contributed by atoms with E-state index in [1.165, 1.54) is 0 Å². The lowest BCUT2D eigenvalue weighted by atomic mass is 10.2. The van der Waals surface area contributed by atoms with Crippen molar-refractivity contribution in [1.29, 1.82) is 0 Å². The van der Waals surface area contributed by atoms with E-state index < -0.39 is 5.60 Å². The number of hydrogen-bond acceptors (Lipinski definition) is 3. The summed E-state index contributed by atoms with van der Waals surface area (Å²) in [7, 11) is 0. The van der Waals surface area contributed by atoms with E-state index in [0.717, 1.165) is 23.3 Å². The Morgan fingerprint density at radius 1 is 1.39 bits per heavy atom. The number of carbonyl (C=O) groups is 1. The molecule has 2 aromatic rings. The number of aromatic nitrogens is 2. The SMILES string of the molecule is Cc1nc2cccc(Cl)c2n1[C@@H]1CCN(C(=O)OC(C)(C)C)C1. The maximum Gasteiger partial charge on any atom is 0.410 e. The first-order valence-electron chi connectivity index (χ1n) is 7.87. The fourth-order valence-electron chi connectivity index (χ4n) is 3.11. The molecule has 0 unspecified atom stereocenters. The lowest BCUT2D eigenvalue weighted by Gasteiger charge is -2.24. The number of benzene rings is 1. The van der Waals surface area contributed by atoms with Gasteiger partial charge in [0.05, 0.1) is 22.1 Å². The molecule has 0 radical (unpaired) electrons. The van der Waals surface area contributed by atoms with Crippen molar-refractivity contribution in [3.05, 3.63) is 29.0 Å². The van der Waals surface area contributed by atoms with Crippen molar-refractivity contribution < 1.29 is 9.53 Å². The molecule has 1 amide bonds. The van der Waals surface area contributed by atoms with Crippen LogP contribution >= 0.6 is 11.6 Å². The first-order valence-corrected chi connectivity index (χ1v) is 8.25. The first kappa shape index (κ1) is 16.1. The van der Waals surface area contributed by atoms with Gasteiger partial charge in [0.2, 0.25) is 0 Å². The Morgan fingerprint density at radius 2 is 2.13 bits per heavy atom. The highest BCUT2D eigenvalue weighted by atomic mass is 35.5. The van der Waals surface area contributed by atoms with E-state index in [1.807, 2.05) is 45.9 Å². The second kappa shape index (κ2) is 5.71. The average Bonchev–Trinajstić information content (AvgIpc) is 3.00. The monoisotopic (exact) mass is 335 g/mol. The van der Waals surface area contributed by atoms with Crippen LogP contribution in [0, 0.1) is 6.92 Å². The molecule has 6 heteroatoms. The number of nitrogens with zero attached hydrogens (tertiary/aromatic N) is 3. The maximum atomic E-state index is 12.2. The van der Waals surface area contributed by atoms with Crippen LogP contribution in [0.2, 0.25) is 5.02 Å². The number of fused-ring (bicyclic) bond motifs is 1. The number of carbonyl (C=O) groups excluding carboxylic acids is 1. The Balaban J connectivity index is 1.85. The minimum Gasteiger partial charge on any atom is -0.444 e. The second-order valence-electron chi connectivity index (χ2n) is 7.01. The number of halogens is 1. The Labute approximate surface area is 141 Å². The molecule has 1 aliphatic rings. The highest BCUT2D eigenvalue weighted by molar-refractivity contribution is 6.35. The van der Waals surface area contributed by atoms with Crippen molar-refractivity contribution in [2.24, 2.45) is 0 Å². The molecule has 0 N–H and O–H groups in total. The lowest BCUT2D eigenvalue weighted by molar-refractivity contribution is 0.0289. The normalized spacial score (nSPS) is 18.7. The van der Waals surface area contributed by atoms with Gasteiger partial charge in [0.15, 0.2) is 0 Å². The average molecular weight is 336 g/mol. The molecule has 1 fully saturated rings. The summed E-state index contributed by atoms with van der Waals surface area (Å²) in [6, 6.07) is 5.92. The van der Waals surface area contributed by atoms with Crippen LogP contribution in [0.15, 0.2) is 18.2 Å². The van der Waals surface area contributed by atoms with Gasteiger partial charge < -0.3 is 14.2 Å². The van der Waals surface area contributed by atoms with Crippen molar-refractivity contribution >= 4 is 28.7 Å². The zero-order valence-electron chi connectivity index (χ0n) is 14.0. The van der Waals surface area contributed by atoms with Gasteiger partial charge in [-0.15, -0.1) is 0 Å². The molecule has 1 aromatic heterocycles. The van der Waals surface area contributed by atoms with Crippen LogP contribution in [0.25, 0.3) is 11.0 Å². The van der Waals surface area contributed by atoms with Gasteiger partial charge in [-0.3, -0.25) is 0 Å². The summed E-state index contributed by atoms with van der Waals surface area (Å²) in [5, 5.41) is 0.693. The molecule has 2 heterocycles. The predicted molar refractivity (Wildman–Crippen MR) is 90.9 cm³/mol. The molecular formula is C17H22ClN3O2. The number of amides is 1. The van der Waals surface area contributed by atoms with Crippen LogP contribution in [-0.4, -0.2) is 39.2 Å². The second-order valence-corrected chi connectivity index (χ2v) is 7.41. The van der Waals surface area contributed by atoms with Crippen molar-refractivity contribution in [3.63, 3.8) is 0 Å². The number of para-hydroxylation sites is 1. The number of likely N-dealkylation sites (tertiary alicyclic amines) is 1. The fraction of sp³-hybridized carbons (Fsp3) is 0.529. The number of hydrogen-bond donors (Lipinski definition) is 0. The highest BCUT2D eigenvalue weighted by Gasteiger charge is 2.32. The third-order valence-electron chi connectivity index (χ3n) is 4.02. The highest BCUT2D eigenvalue weighted by Crippen LogP contribution is 2.32. The molecule has 0 aliphatic carbocycles. The Bertz CT molecular complexity index is 748. The molecule has 3 rings (SSSR count). The summed E-state index contributed by atoms with van der Waals surface area (Å²) in [4.78, 5) is 18.6. The quantitative estimate of drug-likeness (QED) is 0.785. The van der Waals surface area contributed by atoms with Gasteiger partial charge in [-0.05, 0) is 46.2 Å². The van der Waals surface area contributed by atoms with Crippen LogP contribution in [-0.2, 0) is 4.74 Å². The van der Waals surface area contributed by atoms with E-state index in [1.54, 1.807) is 4.90 Å². The van der Waals surface area contributed by atoms with Gasteiger partial charge in [0.25, 0.3) is 0 Å². The molecule has 5 nitrogen and oxygen atoms in total. The zero-order chi connectivity index (χ0) is 16.8. The van der Waals surface area contributed by atoms with Gasteiger partial charge >= 0.3 is 6.09 Å². The molecule has 0 spiro atoms. The minimum atomic E-state index is -0.476. The maximum absolute atomic E-state index is 12.2. The standard InChI is InChI=1S/C17H22ClN3O2/c1-11-19-14-7-5-6-13(18)15(14)21(11)12-8-9-20(10-12)16(22)23-17(2,3)4/h5-7,12H,8-10H2,1-4H3/t12-/m1/s1. The van der Waals surface area contributed by atoms with Gasteiger partial charge in [-0.25, -0.2) is 9.78 Å². The van der Waals surface area contributed by atoms with Crippen LogP contribution in [0.1, 0.15) is 39.1 Å². The summed E-state index contributed by atoms with van der Waals surface area (Å²) in [5.74, 6) is 0.920. The topological polar surface area (TPSA) is 47.4 Å². The third kappa shape index (κ3) is 3.15. The third-order valence-corrected chi connectivity index (χ3v) is 4.32. The Kier molecular flexibility index (Phi) is 4.00. The van der Waals surface area contributed by atoms with Crippen molar-refractivity contribution in [2.75, 3.05) is 13.1 Å². The summed E-state index contributed by atoms with van der Waals surface area (Å²) in [6.07, 6.45) is 0.615. The van der Waals surface area contributed by atoms with E-state index in [4.69, 9.17) is 16.3 Å². The summed E-state index contributed by atoms with van der Waals surface area (Å²) in [6.45, 7) is 8.92. The van der Waals surface area contributed by atoms with Crippen LogP contribution in [0.3, 0.4) is 0 Å². The van der Waals surface area contributed by atoms with Gasteiger partial charge in [0, 0.05) is 13.1 Å². The van der Waals surface area contributed by atoms with Crippen molar-refractivity contribution in [3.8, 4) is 0 Å². The van der Waals surface area contributed by atoms with E-state index in [0.29, 0.717) is 18.1 Å². The molecule has 0 bridgehead atoms. The number of rotatable bonds is 1. The van der Waals surface area contributed by atoms with E-state index >= 15 is 0 Å². The Morgan fingerprint density at radius 3 is 2.83 bits per heavy atom. The first-order chi connectivity index (χ1) is 10.8. The lowest BCUT2D eigenvalue weighted by Crippen LogP contribution is -2.35. The van der Waals surface area contributed by atoms with Crippen molar-refractivity contribution in [1.82, 2.24) is 14.5 Å². The van der Waals surface area contributed by atoms with Crippen molar-refractivity contribution in [2.45, 2.75) is 45.8 Å². The molecule has 124 valence electrons. The largest absolute Gasteiger partial charge is 0.444 e. The zero-order valence-corrected chi connectivity index (χ0v) is 14.7. The van der Waals surface area contributed by atoms with E-state index in [2.05, 4.69) is 9.55 Å². The summed E-state index contributed by atoms with van der Waals surface area (Å²) in [5.41, 5.74) is 1.37. The summed E-state index contributed by atoms with van der Waals surface area (Å²) >= 11 is 6.37. The molecule has 0 saturated carbocycles. The smallest absolute Gasteiger partial charge is 0.410 e. The van der Waals surface area contributed by atoms with Crippen LogP contribution < -0.4 is 0 Å². The number of aryl methyl sites for hydroxylation is 1. The van der Waals surface area contributed by atoms with Gasteiger partial charge in [-0.1, -0.05) is 17.7 Å².